The summed E-state index contributed by atoms with van der Waals surface area (Å²) in [5.74, 6) is 1.21. The van der Waals surface area contributed by atoms with E-state index in [1.54, 1.807) is 21.6 Å². The average molecular weight is 454 g/mol. The van der Waals surface area contributed by atoms with E-state index in [1.165, 1.54) is 12.3 Å². The van der Waals surface area contributed by atoms with Gasteiger partial charge in [-0.2, -0.15) is 15.5 Å². The number of aromatic nitrogens is 5. The Labute approximate surface area is 195 Å². The molecule has 1 fully saturated rings. The third kappa shape index (κ3) is 4.06. The number of anilines is 1. The van der Waals surface area contributed by atoms with Gasteiger partial charge in [0.1, 0.15) is 35.3 Å². The second kappa shape index (κ2) is 8.71. The number of nitrogens with one attached hydrogen (secondary N) is 1. The molecule has 34 heavy (non-hydrogen) atoms. The van der Waals surface area contributed by atoms with Crippen molar-refractivity contribution < 1.29 is 9.53 Å². The second-order valence-electron chi connectivity index (χ2n) is 8.08. The minimum absolute atomic E-state index is 0.0852. The van der Waals surface area contributed by atoms with Gasteiger partial charge in [-0.3, -0.25) is 9.48 Å². The number of hydrogen-bond acceptors (Lipinski definition) is 7. The summed E-state index contributed by atoms with van der Waals surface area (Å²) in [6.45, 7) is 5.14. The SMILES string of the molecule is C=CC(=O)NC1CN(c2cc(COc3cc(-c4cnn(C)c4)cn4ncc(C#N)c34)ccn2)C1. The van der Waals surface area contributed by atoms with Crippen LogP contribution in [0.2, 0.25) is 0 Å². The van der Waals surface area contributed by atoms with E-state index < -0.39 is 0 Å². The van der Waals surface area contributed by atoms with Crippen molar-refractivity contribution >= 4 is 17.2 Å². The maximum atomic E-state index is 11.5. The first-order chi connectivity index (χ1) is 16.5. The first kappa shape index (κ1) is 21.2. The maximum Gasteiger partial charge on any atom is 0.243 e. The number of rotatable bonds is 7. The van der Waals surface area contributed by atoms with Gasteiger partial charge in [-0.05, 0) is 29.8 Å². The highest BCUT2D eigenvalue weighted by molar-refractivity contribution is 5.87. The molecule has 0 atom stereocenters. The zero-order valence-corrected chi connectivity index (χ0v) is 18.5. The molecule has 0 saturated carbocycles. The number of hydrogen-bond donors (Lipinski definition) is 1. The molecule has 0 bridgehead atoms. The fraction of sp³-hybridized carbons (Fsp3) is 0.208. The van der Waals surface area contributed by atoms with Crippen molar-refractivity contribution in [2.45, 2.75) is 12.6 Å². The summed E-state index contributed by atoms with van der Waals surface area (Å²) in [7, 11) is 1.86. The highest BCUT2D eigenvalue weighted by atomic mass is 16.5. The van der Waals surface area contributed by atoms with E-state index in [1.807, 2.05) is 37.6 Å². The van der Waals surface area contributed by atoms with Crippen molar-refractivity contribution in [2.75, 3.05) is 18.0 Å². The summed E-state index contributed by atoms with van der Waals surface area (Å²) < 4.78 is 9.58. The maximum absolute atomic E-state index is 11.5. The molecule has 5 heterocycles. The number of carbonyl (C=O) groups is 1. The monoisotopic (exact) mass is 454 g/mol. The van der Waals surface area contributed by atoms with Gasteiger partial charge in [-0.1, -0.05) is 6.58 Å². The highest BCUT2D eigenvalue weighted by Crippen LogP contribution is 2.30. The van der Waals surface area contributed by atoms with E-state index in [2.05, 4.69) is 38.0 Å². The number of fused-ring (bicyclic) bond motifs is 1. The van der Waals surface area contributed by atoms with Crippen LogP contribution in [0.5, 0.6) is 5.75 Å². The van der Waals surface area contributed by atoms with Crippen molar-refractivity contribution in [2.24, 2.45) is 7.05 Å². The summed E-state index contributed by atoms with van der Waals surface area (Å²) in [6.07, 6.45) is 10.1. The molecule has 0 unspecified atom stereocenters. The Balaban J connectivity index is 1.36. The van der Waals surface area contributed by atoms with Crippen molar-refractivity contribution in [1.29, 1.82) is 5.26 Å². The molecule has 1 aliphatic heterocycles. The molecule has 0 radical (unpaired) electrons. The molecule has 0 spiro atoms. The van der Waals surface area contributed by atoms with Crippen LogP contribution in [-0.2, 0) is 18.4 Å². The van der Waals surface area contributed by atoms with Gasteiger partial charge < -0.3 is 15.0 Å². The van der Waals surface area contributed by atoms with Crippen LogP contribution < -0.4 is 15.0 Å². The summed E-state index contributed by atoms with van der Waals surface area (Å²) in [5.41, 5.74) is 3.80. The zero-order chi connectivity index (χ0) is 23.7. The molecule has 4 aromatic heterocycles. The number of ether oxygens (including phenoxy) is 1. The zero-order valence-electron chi connectivity index (χ0n) is 18.5. The number of amides is 1. The molecule has 1 saturated heterocycles. The topological polar surface area (TPSA) is 113 Å². The molecule has 0 aromatic carbocycles. The van der Waals surface area contributed by atoms with Crippen molar-refractivity contribution in [1.82, 2.24) is 29.7 Å². The second-order valence-corrected chi connectivity index (χ2v) is 8.08. The lowest BCUT2D eigenvalue weighted by molar-refractivity contribution is -0.117. The number of pyridine rings is 2. The van der Waals surface area contributed by atoms with E-state index in [0.29, 0.717) is 36.5 Å². The Hall–Kier alpha value is -4.65. The van der Waals surface area contributed by atoms with Crippen LogP contribution in [-0.4, -0.2) is 49.4 Å². The molecular formula is C24H22N8O2. The summed E-state index contributed by atoms with van der Waals surface area (Å²) in [6, 6.07) is 8.03. The molecule has 5 rings (SSSR count). The smallest absolute Gasteiger partial charge is 0.243 e. The van der Waals surface area contributed by atoms with Gasteiger partial charge in [0.05, 0.1) is 18.4 Å². The van der Waals surface area contributed by atoms with Crippen LogP contribution in [0.25, 0.3) is 16.6 Å². The van der Waals surface area contributed by atoms with Crippen LogP contribution >= 0.6 is 0 Å². The van der Waals surface area contributed by atoms with Gasteiger partial charge in [0.15, 0.2) is 0 Å². The van der Waals surface area contributed by atoms with Crippen LogP contribution in [0.3, 0.4) is 0 Å². The molecule has 1 aliphatic rings. The van der Waals surface area contributed by atoms with Gasteiger partial charge in [0.2, 0.25) is 5.91 Å². The van der Waals surface area contributed by atoms with E-state index in [-0.39, 0.29) is 11.9 Å². The van der Waals surface area contributed by atoms with E-state index in [4.69, 9.17) is 4.74 Å². The molecular weight excluding hydrogens is 432 g/mol. The Morgan fingerprint density at radius 1 is 1.29 bits per heavy atom. The molecule has 4 aromatic rings. The van der Waals surface area contributed by atoms with Crippen LogP contribution in [0.1, 0.15) is 11.1 Å². The predicted octanol–water partition coefficient (Wildman–Crippen LogP) is 2.07. The van der Waals surface area contributed by atoms with Gasteiger partial charge in [0, 0.05) is 49.9 Å². The largest absolute Gasteiger partial charge is 0.487 e. The normalized spacial score (nSPS) is 13.4. The molecule has 1 N–H and O–H groups in total. The van der Waals surface area contributed by atoms with Crippen LogP contribution in [0.4, 0.5) is 5.82 Å². The Kier molecular flexibility index (Phi) is 5.43. The minimum Gasteiger partial charge on any atom is -0.487 e. The minimum atomic E-state index is -0.170. The predicted molar refractivity (Wildman–Crippen MR) is 125 cm³/mol. The number of nitrogens with zero attached hydrogens (tertiary/aromatic N) is 7. The van der Waals surface area contributed by atoms with Gasteiger partial charge in [-0.25, -0.2) is 9.50 Å². The summed E-state index contributed by atoms with van der Waals surface area (Å²) in [4.78, 5) is 18.0. The molecule has 0 aliphatic carbocycles. The lowest BCUT2D eigenvalue weighted by atomic mass is 10.1. The van der Waals surface area contributed by atoms with Gasteiger partial charge in [0.25, 0.3) is 0 Å². The summed E-state index contributed by atoms with van der Waals surface area (Å²) in [5, 5.41) is 21.0. The van der Waals surface area contributed by atoms with E-state index in [0.717, 1.165) is 22.5 Å². The Morgan fingerprint density at radius 2 is 2.15 bits per heavy atom. The first-order valence-corrected chi connectivity index (χ1v) is 10.7. The molecule has 10 heteroatoms. The molecule has 170 valence electrons. The van der Waals surface area contributed by atoms with Crippen molar-refractivity contribution in [3.63, 3.8) is 0 Å². The highest BCUT2D eigenvalue weighted by Gasteiger charge is 2.28. The summed E-state index contributed by atoms with van der Waals surface area (Å²) >= 11 is 0. The average Bonchev–Trinajstić information content (AvgIpc) is 3.45. The Morgan fingerprint density at radius 3 is 2.88 bits per heavy atom. The fourth-order valence-electron chi connectivity index (χ4n) is 3.91. The lowest BCUT2D eigenvalue weighted by Gasteiger charge is -2.40. The lowest BCUT2D eigenvalue weighted by Crippen LogP contribution is -2.59. The van der Waals surface area contributed by atoms with Crippen LogP contribution in [0.15, 0.2) is 61.8 Å². The van der Waals surface area contributed by atoms with E-state index >= 15 is 0 Å². The third-order valence-electron chi connectivity index (χ3n) is 5.68. The number of carbonyl (C=O) groups excluding carboxylic acids is 1. The fourth-order valence-corrected chi connectivity index (χ4v) is 3.91. The number of aryl methyl sites for hydroxylation is 1. The number of nitriles is 1. The van der Waals surface area contributed by atoms with Gasteiger partial charge >= 0.3 is 0 Å². The van der Waals surface area contributed by atoms with Crippen molar-refractivity contribution in [3.8, 4) is 22.9 Å². The van der Waals surface area contributed by atoms with E-state index in [9.17, 15) is 10.1 Å². The quantitative estimate of drug-likeness (QED) is 0.425. The standard InChI is InChI=1S/C24H22N8O2/c1-3-23(33)29-20-13-31(14-20)22-6-16(4-5-26-22)15-34-21-7-17(19-10-27-30(2)11-19)12-32-24(21)18(8-25)9-28-32/h3-7,9-12,20H,1,13-15H2,2H3,(H,29,33). The van der Waals surface area contributed by atoms with Crippen LogP contribution in [0, 0.1) is 11.3 Å². The molecule has 10 nitrogen and oxygen atoms in total. The van der Waals surface area contributed by atoms with Crippen molar-refractivity contribution in [3.05, 3.63) is 73.0 Å². The first-order valence-electron chi connectivity index (χ1n) is 10.7. The van der Waals surface area contributed by atoms with Gasteiger partial charge in [-0.15, -0.1) is 0 Å². The Bertz CT molecular complexity index is 1420. The third-order valence-corrected chi connectivity index (χ3v) is 5.68. The molecule has 1 amide bonds.